The van der Waals surface area contributed by atoms with Crippen LogP contribution in [-0.2, 0) is 4.79 Å². The van der Waals surface area contributed by atoms with Gasteiger partial charge in [-0.3, -0.25) is 11.4 Å². The molecule has 0 radical (unpaired) electrons. The summed E-state index contributed by atoms with van der Waals surface area (Å²) in [5.74, 6) is 0.384. The van der Waals surface area contributed by atoms with Crippen LogP contribution >= 0.6 is 0 Å². The molecule has 0 aromatic rings. The van der Waals surface area contributed by atoms with E-state index in [0.29, 0.717) is 12.5 Å². The molecule has 0 fully saturated rings. The molecule has 0 spiro atoms. The Morgan fingerprint density at radius 3 is 2.58 bits per heavy atom. The Bertz CT molecular complexity index is 164. The summed E-state index contributed by atoms with van der Waals surface area (Å²) in [5, 5.41) is 2.72. The smallest absolute Gasteiger partial charge is 0.354 e. The van der Waals surface area contributed by atoms with E-state index in [1.807, 2.05) is 13.8 Å². The molecule has 0 bridgehead atoms. The summed E-state index contributed by atoms with van der Waals surface area (Å²) in [7, 11) is 0. The number of carbonyl (C=O) groups excluding carboxylic acids is 1. The number of allylic oxidation sites excluding steroid dienone is 2. The quantitative estimate of drug-likeness (QED) is 0.225. The van der Waals surface area contributed by atoms with Crippen LogP contribution in [0.3, 0.4) is 0 Å². The van der Waals surface area contributed by atoms with E-state index in [4.69, 9.17) is 6.58 Å². The first-order valence-electron chi connectivity index (χ1n) is 3.66. The molecule has 62 valence electrons. The zero-order valence-corrected chi connectivity index (χ0v) is 8.00. The van der Waals surface area contributed by atoms with Crippen molar-refractivity contribution in [1.82, 2.24) is 5.32 Å². The maximum Gasteiger partial charge on any atom is 1.00 e. The van der Waals surface area contributed by atoms with Gasteiger partial charge in [-0.05, 0) is 5.92 Å². The topological polar surface area (TPSA) is 29.1 Å². The van der Waals surface area contributed by atoms with Gasteiger partial charge in [0.05, 0.1) is 0 Å². The molecule has 0 aliphatic rings. The van der Waals surface area contributed by atoms with Crippen LogP contribution in [0.1, 0.15) is 13.8 Å². The Morgan fingerprint density at radius 2 is 2.17 bits per heavy atom. The molecule has 12 heavy (non-hydrogen) atoms. The van der Waals surface area contributed by atoms with Gasteiger partial charge in [-0.15, -0.1) is 0 Å². The van der Waals surface area contributed by atoms with Crippen LogP contribution in [0.5, 0.6) is 0 Å². The van der Waals surface area contributed by atoms with Gasteiger partial charge in [0.2, 0.25) is 5.91 Å². The Balaban J connectivity index is 0. The number of amides is 1. The summed E-state index contributed by atoms with van der Waals surface area (Å²) in [6, 6.07) is 0. The summed E-state index contributed by atoms with van der Waals surface area (Å²) < 4.78 is 0. The second-order valence-electron chi connectivity index (χ2n) is 2.69. The molecule has 0 atom stereocenters. The SMILES string of the molecule is [CH-]=C/C=C/C(=O)NCC(C)C.[Li+]. The third-order valence-corrected chi connectivity index (χ3v) is 1.04. The standard InChI is InChI=1S/C9H14NO.Li/c1-4-5-6-9(11)10-7-8(2)3;/h1,4-6,8H,7H2,2-3H3,(H,10,11);/q-1;+1/b6-5+;. The molecule has 3 heteroatoms. The largest absolute Gasteiger partial charge is 1.00 e. The van der Waals surface area contributed by atoms with Gasteiger partial charge < -0.3 is 5.32 Å². The van der Waals surface area contributed by atoms with Gasteiger partial charge in [-0.1, -0.05) is 19.9 Å². The molecular formula is C9H14LiNO. The first-order valence-corrected chi connectivity index (χ1v) is 3.66. The molecular weight excluding hydrogens is 145 g/mol. The Labute approximate surface area is 86.3 Å². The normalized spacial score (nSPS) is 9.58. The molecule has 0 saturated carbocycles. The van der Waals surface area contributed by atoms with Crippen molar-refractivity contribution in [3.63, 3.8) is 0 Å². The monoisotopic (exact) mass is 159 g/mol. The zero-order chi connectivity index (χ0) is 8.69. The molecule has 0 aliphatic heterocycles. The van der Waals surface area contributed by atoms with Crippen LogP contribution in [0.4, 0.5) is 0 Å². The number of hydrogen-bond donors (Lipinski definition) is 1. The number of carbonyl (C=O) groups is 1. The molecule has 0 rings (SSSR count). The Kier molecular flexibility index (Phi) is 10.1. The van der Waals surface area contributed by atoms with Crippen molar-refractivity contribution in [1.29, 1.82) is 0 Å². The summed E-state index contributed by atoms with van der Waals surface area (Å²) in [5.41, 5.74) is 0. The van der Waals surface area contributed by atoms with Crippen LogP contribution in [-0.4, -0.2) is 12.5 Å². The van der Waals surface area contributed by atoms with E-state index in [1.54, 1.807) is 0 Å². The molecule has 1 amide bonds. The first kappa shape index (κ1) is 14.1. The van der Waals surface area contributed by atoms with Crippen LogP contribution < -0.4 is 24.2 Å². The van der Waals surface area contributed by atoms with Gasteiger partial charge in [0, 0.05) is 6.54 Å². The molecule has 1 N–H and O–H groups in total. The number of nitrogens with one attached hydrogen (secondary N) is 1. The average molecular weight is 159 g/mol. The molecule has 2 nitrogen and oxygen atoms in total. The van der Waals surface area contributed by atoms with Crippen LogP contribution in [0.25, 0.3) is 0 Å². The van der Waals surface area contributed by atoms with E-state index in [1.165, 1.54) is 18.2 Å². The summed E-state index contributed by atoms with van der Waals surface area (Å²) in [6.07, 6.45) is 4.24. The van der Waals surface area contributed by atoms with Crippen molar-refractivity contribution in [2.75, 3.05) is 6.54 Å². The van der Waals surface area contributed by atoms with Crippen LogP contribution in [0.15, 0.2) is 18.2 Å². The molecule has 0 heterocycles. The van der Waals surface area contributed by atoms with E-state index >= 15 is 0 Å². The molecule has 0 aromatic carbocycles. The summed E-state index contributed by atoms with van der Waals surface area (Å²) >= 11 is 0. The second-order valence-corrected chi connectivity index (χ2v) is 2.69. The van der Waals surface area contributed by atoms with E-state index in [9.17, 15) is 4.79 Å². The molecule has 0 aromatic heterocycles. The van der Waals surface area contributed by atoms with Crippen molar-refractivity contribution < 1.29 is 23.7 Å². The van der Waals surface area contributed by atoms with Crippen molar-refractivity contribution >= 4 is 5.91 Å². The van der Waals surface area contributed by atoms with Crippen molar-refractivity contribution in [2.45, 2.75) is 13.8 Å². The number of hydrogen-bond acceptors (Lipinski definition) is 1. The third kappa shape index (κ3) is 9.55. The first-order chi connectivity index (χ1) is 5.16. The minimum absolute atomic E-state index is 0. The van der Waals surface area contributed by atoms with Gasteiger partial charge in [0.25, 0.3) is 0 Å². The van der Waals surface area contributed by atoms with E-state index < -0.39 is 0 Å². The Morgan fingerprint density at radius 1 is 1.58 bits per heavy atom. The van der Waals surface area contributed by atoms with Gasteiger partial charge >= 0.3 is 18.9 Å². The van der Waals surface area contributed by atoms with Gasteiger partial charge in [-0.2, -0.15) is 0 Å². The minimum Gasteiger partial charge on any atom is -0.354 e. The summed E-state index contributed by atoms with van der Waals surface area (Å²) in [6.45, 7) is 9.82. The molecule has 0 aliphatic carbocycles. The van der Waals surface area contributed by atoms with Gasteiger partial charge in [-0.25, -0.2) is 12.2 Å². The third-order valence-electron chi connectivity index (χ3n) is 1.04. The second kappa shape index (κ2) is 8.64. The summed E-state index contributed by atoms with van der Waals surface area (Å²) in [4.78, 5) is 10.8. The average Bonchev–Trinajstić information content (AvgIpc) is 1.97. The maximum absolute atomic E-state index is 10.8. The molecule has 0 unspecified atom stereocenters. The fourth-order valence-corrected chi connectivity index (χ4v) is 0.507. The predicted octanol–water partition coefficient (Wildman–Crippen LogP) is -1.69. The maximum atomic E-state index is 10.8. The predicted molar refractivity (Wildman–Crippen MR) is 45.9 cm³/mol. The zero-order valence-electron chi connectivity index (χ0n) is 8.00. The van der Waals surface area contributed by atoms with Crippen LogP contribution in [0, 0.1) is 12.5 Å². The van der Waals surface area contributed by atoms with Crippen molar-refractivity contribution in [3.05, 3.63) is 24.8 Å². The van der Waals surface area contributed by atoms with Crippen LogP contribution in [0.2, 0.25) is 0 Å². The van der Waals surface area contributed by atoms with E-state index in [-0.39, 0.29) is 24.8 Å². The molecule has 0 saturated heterocycles. The fourth-order valence-electron chi connectivity index (χ4n) is 0.507. The van der Waals surface area contributed by atoms with Crippen molar-refractivity contribution in [3.8, 4) is 0 Å². The van der Waals surface area contributed by atoms with Gasteiger partial charge in [0.1, 0.15) is 0 Å². The fraction of sp³-hybridized carbons (Fsp3) is 0.444. The Hall–Kier alpha value is -0.453. The van der Waals surface area contributed by atoms with Crippen molar-refractivity contribution in [2.24, 2.45) is 5.92 Å². The number of rotatable bonds is 4. The van der Waals surface area contributed by atoms with Gasteiger partial charge in [0.15, 0.2) is 0 Å². The van der Waals surface area contributed by atoms with E-state index in [0.717, 1.165) is 0 Å². The minimum atomic E-state index is -0.0969. The van der Waals surface area contributed by atoms with E-state index in [2.05, 4.69) is 5.32 Å².